The lowest BCUT2D eigenvalue weighted by atomic mass is 10.5. The molecule has 0 saturated heterocycles. The Labute approximate surface area is 64.5 Å². The molecule has 0 heterocycles. The van der Waals surface area contributed by atoms with Crippen LogP contribution >= 0.6 is 22.6 Å². The molecule has 2 nitrogen and oxygen atoms in total. The van der Waals surface area contributed by atoms with Gasteiger partial charge < -0.3 is 4.55 Å². The zero-order chi connectivity index (χ0) is 6.41. The quantitative estimate of drug-likeness (QED) is 0.447. The predicted octanol–water partition coefficient (Wildman–Crippen LogP) is 0.994. The minimum absolute atomic E-state index is 0.260. The second kappa shape index (κ2) is 5.54. The first kappa shape index (κ1) is 8.40. The molecule has 0 aliphatic rings. The Hall–Kier alpha value is 0.400. The zero-order valence-electron chi connectivity index (χ0n) is 4.06. The summed E-state index contributed by atoms with van der Waals surface area (Å²) in [4.78, 5) is 0. The van der Waals surface area contributed by atoms with E-state index in [1.807, 2.05) is 22.6 Å². The highest BCUT2D eigenvalue weighted by atomic mass is 127. The van der Waals surface area contributed by atoms with Gasteiger partial charge in [-0.1, -0.05) is 5.92 Å². The number of rotatable bonds is 2. The summed E-state index contributed by atoms with van der Waals surface area (Å²) in [6.07, 6.45) is 0.506. The maximum Gasteiger partial charge on any atom is 0.153 e. The van der Waals surface area contributed by atoms with E-state index in [9.17, 15) is 4.21 Å². The molecule has 0 rings (SSSR count). The van der Waals surface area contributed by atoms with Crippen LogP contribution < -0.4 is 0 Å². The third kappa shape index (κ3) is 6.40. The summed E-state index contributed by atoms with van der Waals surface area (Å²) in [5.41, 5.74) is 0. The van der Waals surface area contributed by atoms with Crippen molar-refractivity contribution >= 4 is 33.7 Å². The highest BCUT2D eigenvalue weighted by Gasteiger charge is 1.86. The summed E-state index contributed by atoms with van der Waals surface area (Å²) in [6, 6.07) is 0. The molecular weight excluding hydrogens is 239 g/mol. The smallest absolute Gasteiger partial charge is 0.153 e. The van der Waals surface area contributed by atoms with Crippen LogP contribution in [0, 0.1) is 9.85 Å². The van der Waals surface area contributed by atoms with Gasteiger partial charge in [-0.15, -0.1) is 0 Å². The molecule has 0 aliphatic carbocycles. The Morgan fingerprint density at radius 1 is 1.75 bits per heavy atom. The molecule has 0 spiro atoms. The Morgan fingerprint density at radius 3 is 2.75 bits per heavy atom. The molecule has 0 amide bonds. The maximum absolute atomic E-state index is 9.92. The second-order valence-corrected chi connectivity index (χ2v) is 2.64. The van der Waals surface area contributed by atoms with Crippen molar-refractivity contribution in [3.8, 4) is 9.85 Å². The normalized spacial score (nSPS) is 11.8. The molecule has 0 fully saturated rings. The summed E-state index contributed by atoms with van der Waals surface area (Å²) in [5, 5.41) is 0. The van der Waals surface area contributed by atoms with E-state index in [2.05, 4.69) is 9.85 Å². The van der Waals surface area contributed by atoms with E-state index in [1.54, 1.807) is 0 Å². The van der Waals surface area contributed by atoms with Crippen molar-refractivity contribution in [2.24, 2.45) is 0 Å². The van der Waals surface area contributed by atoms with Crippen LogP contribution in [0.1, 0.15) is 6.42 Å². The van der Waals surface area contributed by atoms with E-state index < -0.39 is 11.1 Å². The zero-order valence-corrected chi connectivity index (χ0v) is 7.03. The van der Waals surface area contributed by atoms with Gasteiger partial charge in [0.2, 0.25) is 0 Å². The van der Waals surface area contributed by atoms with Crippen molar-refractivity contribution < 1.29 is 8.76 Å². The summed E-state index contributed by atoms with van der Waals surface area (Å²) in [7, 11) is 0. The van der Waals surface area contributed by atoms with Crippen molar-refractivity contribution in [3.63, 3.8) is 0 Å². The van der Waals surface area contributed by atoms with Crippen molar-refractivity contribution in [1.29, 1.82) is 0 Å². The molecular formula is C4H5IO2S. The average molecular weight is 244 g/mol. The lowest BCUT2D eigenvalue weighted by molar-refractivity contribution is 0.564. The van der Waals surface area contributed by atoms with Crippen LogP contribution in [0.25, 0.3) is 0 Å². The fraction of sp³-hybridized carbons (Fsp3) is 0.500. The lowest BCUT2D eigenvalue weighted by Gasteiger charge is -1.81. The molecule has 1 N–H and O–H groups in total. The van der Waals surface area contributed by atoms with Gasteiger partial charge in [0.1, 0.15) is 0 Å². The van der Waals surface area contributed by atoms with Crippen molar-refractivity contribution in [1.82, 2.24) is 0 Å². The van der Waals surface area contributed by atoms with E-state index in [1.165, 1.54) is 0 Å². The van der Waals surface area contributed by atoms with Gasteiger partial charge in [0.25, 0.3) is 0 Å². The van der Waals surface area contributed by atoms with E-state index in [-0.39, 0.29) is 5.75 Å². The van der Waals surface area contributed by atoms with Crippen LogP contribution in [0.5, 0.6) is 0 Å². The summed E-state index contributed by atoms with van der Waals surface area (Å²) < 4.78 is 20.7. The van der Waals surface area contributed by atoms with Crippen LogP contribution in [-0.2, 0) is 11.1 Å². The van der Waals surface area contributed by atoms with Crippen molar-refractivity contribution in [2.45, 2.75) is 6.42 Å². The highest BCUT2D eigenvalue weighted by Crippen LogP contribution is 1.81. The molecule has 0 aromatic heterocycles. The molecule has 0 bridgehead atoms. The third-order valence-corrected chi connectivity index (χ3v) is 1.40. The molecule has 0 saturated carbocycles. The van der Waals surface area contributed by atoms with Gasteiger partial charge in [0.15, 0.2) is 11.1 Å². The Balaban J connectivity index is 3.14. The first-order valence-electron chi connectivity index (χ1n) is 1.93. The predicted molar refractivity (Wildman–Crippen MR) is 42.1 cm³/mol. The molecule has 0 aromatic carbocycles. The van der Waals surface area contributed by atoms with Crippen LogP contribution in [-0.4, -0.2) is 14.5 Å². The lowest BCUT2D eigenvalue weighted by Crippen LogP contribution is -1.91. The van der Waals surface area contributed by atoms with Gasteiger partial charge in [-0.25, -0.2) is 4.21 Å². The van der Waals surface area contributed by atoms with Crippen LogP contribution in [0.15, 0.2) is 0 Å². The standard InChI is InChI=1S/C4H5IO2S/c5-3-1-2-4-8(6)7/h2,4H2,(H,6,7). The molecule has 4 heteroatoms. The van der Waals surface area contributed by atoms with Crippen molar-refractivity contribution in [3.05, 3.63) is 0 Å². The topological polar surface area (TPSA) is 37.3 Å². The first-order valence-corrected chi connectivity index (χ1v) is 4.29. The maximum atomic E-state index is 9.92. The van der Waals surface area contributed by atoms with Gasteiger partial charge in [-0.05, 0) is 3.93 Å². The van der Waals surface area contributed by atoms with Crippen molar-refractivity contribution in [2.75, 3.05) is 5.75 Å². The second-order valence-electron chi connectivity index (χ2n) is 1.05. The van der Waals surface area contributed by atoms with Gasteiger partial charge in [0, 0.05) is 29.0 Å². The molecule has 0 radical (unpaired) electrons. The number of hydrogen-bond donors (Lipinski definition) is 1. The fourth-order valence-electron chi connectivity index (χ4n) is 0.186. The minimum atomic E-state index is -1.67. The highest BCUT2D eigenvalue weighted by molar-refractivity contribution is 14.1. The molecule has 0 aromatic rings. The van der Waals surface area contributed by atoms with Gasteiger partial charge in [-0.3, -0.25) is 0 Å². The number of halogens is 1. The van der Waals surface area contributed by atoms with Gasteiger partial charge in [0.05, 0.1) is 5.75 Å². The van der Waals surface area contributed by atoms with Crippen LogP contribution in [0.3, 0.4) is 0 Å². The molecule has 0 aliphatic heterocycles. The van der Waals surface area contributed by atoms with Gasteiger partial charge in [-0.2, -0.15) is 0 Å². The Morgan fingerprint density at radius 2 is 2.38 bits per heavy atom. The largest absolute Gasteiger partial charge is 0.306 e. The third-order valence-electron chi connectivity index (χ3n) is 0.468. The molecule has 1 atom stereocenters. The molecule has 8 heavy (non-hydrogen) atoms. The summed E-state index contributed by atoms with van der Waals surface area (Å²) in [6.45, 7) is 0. The average Bonchev–Trinajstić information content (AvgIpc) is 1.66. The van der Waals surface area contributed by atoms with E-state index in [0.29, 0.717) is 6.42 Å². The van der Waals surface area contributed by atoms with E-state index in [4.69, 9.17) is 4.55 Å². The molecule has 46 valence electrons. The van der Waals surface area contributed by atoms with Crippen LogP contribution in [0.4, 0.5) is 0 Å². The Bertz CT molecular complexity index is 135. The first-order chi connectivity index (χ1) is 3.77. The summed E-state index contributed by atoms with van der Waals surface area (Å²) in [5.74, 6) is 2.92. The number of hydrogen-bond acceptors (Lipinski definition) is 1. The van der Waals surface area contributed by atoms with Gasteiger partial charge >= 0.3 is 0 Å². The molecule has 1 unspecified atom stereocenters. The summed E-state index contributed by atoms with van der Waals surface area (Å²) >= 11 is 0.220. The monoisotopic (exact) mass is 244 g/mol. The minimum Gasteiger partial charge on any atom is -0.306 e. The fourth-order valence-corrected chi connectivity index (χ4v) is 0.732. The van der Waals surface area contributed by atoms with Crippen LogP contribution in [0.2, 0.25) is 0 Å². The SMILES string of the molecule is O=S(O)CCC#CI. The van der Waals surface area contributed by atoms with E-state index >= 15 is 0 Å². The van der Waals surface area contributed by atoms with E-state index in [0.717, 1.165) is 0 Å². The Kier molecular flexibility index (Phi) is 5.81.